The van der Waals surface area contributed by atoms with Crippen LogP contribution in [0.4, 0.5) is 0 Å². The maximum absolute atomic E-state index is 12.5. The molecule has 1 saturated heterocycles. The van der Waals surface area contributed by atoms with Crippen LogP contribution in [0, 0.1) is 17.8 Å². The zero-order valence-electron chi connectivity index (χ0n) is 11.9. The number of hydrogen-bond donors (Lipinski definition) is 1. The molecule has 1 atom stereocenters. The van der Waals surface area contributed by atoms with Gasteiger partial charge in [-0.3, -0.25) is 9.59 Å². The van der Waals surface area contributed by atoms with Crippen LogP contribution in [-0.4, -0.2) is 43.5 Å². The summed E-state index contributed by atoms with van der Waals surface area (Å²) in [5.41, 5.74) is 5.33. The molecule has 2 heterocycles. The van der Waals surface area contributed by atoms with E-state index in [2.05, 4.69) is 11.8 Å². The number of carbonyl (C=O) groups is 2. The van der Waals surface area contributed by atoms with Crippen molar-refractivity contribution in [3.8, 4) is 11.8 Å². The molecular weight excluding hydrogens is 288 g/mol. The molecule has 112 valence electrons. The largest absolute Gasteiger partial charge is 0.469 e. The smallest absolute Gasteiger partial charge is 0.310 e. The molecule has 1 fully saturated rings. The zero-order valence-corrected chi connectivity index (χ0v) is 12.7. The summed E-state index contributed by atoms with van der Waals surface area (Å²) in [7, 11) is 1.38. The number of hydrogen-bond acceptors (Lipinski definition) is 5. The Morgan fingerprint density at radius 1 is 1.52 bits per heavy atom. The predicted octanol–water partition coefficient (Wildman–Crippen LogP) is 1.08. The highest BCUT2D eigenvalue weighted by Crippen LogP contribution is 2.23. The Labute approximate surface area is 128 Å². The molecule has 0 radical (unpaired) electrons. The van der Waals surface area contributed by atoms with E-state index in [1.165, 1.54) is 18.4 Å². The third-order valence-electron chi connectivity index (χ3n) is 3.37. The molecule has 6 heteroatoms. The van der Waals surface area contributed by atoms with Crippen molar-refractivity contribution in [2.75, 3.05) is 26.7 Å². The second kappa shape index (κ2) is 7.25. The summed E-state index contributed by atoms with van der Waals surface area (Å²) in [5, 5.41) is 0. The summed E-state index contributed by atoms with van der Waals surface area (Å²) in [5.74, 6) is 5.18. The second-order valence-corrected chi connectivity index (χ2v) is 5.87. The highest BCUT2D eigenvalue weighted by molar-refractivity contribution is 7.14. The minimum absolute atomic E-state index is 0.0469. The Morgan fingerprint density at radius 3 is 3.05 bits per heavy atom. The number of ether oxygens (including phenoxy) is 1. The van der Waals surface area contributed by atoms with E-state index in [0.29, 0.717) is 24.5 Å². The van der Waals surface area contributed by atoms with Gasteiger partial charge in [0.15, 0.2) is 0 Å². The summed E-state index contributed by atoms with van der Waals surface area (Å²) in [6.45, 7) is 1.40. The molecule has 1 aromatic heterocycles. The van der Waals surface area contributed by atoms with Gasteiger partial charge in [0.1, 0.15) is 0 Å². The van der Waals surface area contributed by atoms with Crippen LogP contribution in [0.15, 0.2) is 12.1 Å². The standard InChI is InChI=1S/C15H18N2O3S/c1-20-15(19)11-4-3-9-17(10-11)14(18)13-7-6-12(21-13)5-2-8-16/h6-7,11H,3-4,8-10,16H2,1H3. The van der Waals surface area contributed by atoms with Gasteiger partial charge in [-0.2, -0.15) is 0 Å². The van der Waals surface area contributed by atoms with E-state index >= 15 is 0 Å². The number of carbonyl (C=O) groups excluding carboxylic acids is 2. The molecule has 2 N–H and O–H groups in total. The van der Waals surface area contributed by atoms with Crippen molar-refractivity contribution in [1.82, 2.24) is 4.90 Å². The molecule has 0 bridgehead atoms. The lowest BCUT2D eigenvalue weighted by Crippen LogP contribution is -2.42. The van der Waals surface area contributed by atoms with Crippen LogP contribution in [0.2, 0.25) is 0 Å². The van der Waals surface area contributed by atoms with Crippen LogP contribution in [0.3, 0.4) is 0 Å². The Balaban J connectivity index is 2.05. The molecule has 5 nitrogen and oxygen atoms in total. The monoisotopic (exact) mass is 306 g/mol. The number of thiophene rings is 1. The Hall–Kier alpha value is -1.84. The first-order valence-corrected chi connectivity index (χ1v) is 7.63. The van der Waals surface area contributed by atoms with Gasteiger partial charge in [0.05, 0.1) is 29.3 Å². The Morgan fingerprint density at radius 2 is 2.33 bits per heavy atom. The van der Waals surface area contributed by atoms with Crippen molar-refractivity contribution < 1.29 is 14.3 Å². The van der Waals surface area contributed by atoms with Gasteiger partial charge in [-0.15, -0.1) is 11.3 Å². The molecule has 0 spiro atoms. The average molecular weight is 306 g/mol. The predicted molar refractivity (Wildman–Crippen MR) is 80.9 cm³/mol. The van der Waals surface area contributed by atoms with Crippen molar-refractivity contribution in [1.29, 1.82) is 0 Å². The first-order valence-electron chi connectivity index (χ1n) is 6.81. The van der Waals surface area contributed by atoms with Crippen LogP contribution < -0.4 is 5.73 Å². The number of likely N-dealkylation sites (tertiary alicyclic amines) is 1. The maximum Gasteiger partial charge on any atom is 0.310 e. The molecular formula is C15H18N2O3S. The lowest BCUT2D eigenvalue weighted by Gasteiger charge is -2.31. The quantitative estimate of drug-likeness (QED) is 0.655. The summed E-state index contributed by atoms with van der Waals surface area (Å²) in [6, 6.07) is 3.59. The number of piperidine rings is 1. The summed E-state index contributed by atoms with van der Waals surface area (Å²) in [6.07, 6.45) is 1.59. The van der Waals surface area contributed by atoms with Gasteiger partial charge >= 0.3 is 5.97 Å². The van der Waals surface area contributed by atoms with Gasteiger partial charge in [-0.05, 0) is 25.0 Å². The van der Waals surface area contributed by atoms with E-state index < -0.39 is 0 Å². The number of amides is 1. The first kappa shape index (κ1) is 15.5. The van der Waals surface area contributed by atoms with E-state index in [0.717, 1.165) is 17.7 Å². The van der Waals surface area contributed by atoms with E-state index in [1.54, 1.807) is 11.0 Å². The minimum Gasteiger partial charge on any atom is -0.469 e. The molecule has 1 unspecified atom stereocenters. The first-order chi connectivity index (χ1) is 10.2. The topological polar surface area (TPSA) is 72.6 Å². The number of rotatable bonds is 2. The van der Waals surface area contributed by atoms with Crippen LogP contribution in [-0.2, 0) is 9.53 Å². The Kier molecular flexibility index (Phi) is 5.37. The van der Waals surface area contributed by atoms with Crippen LogP contribution in [0.25, 0.3) is 0 Å². The number of nitrogens with zero attached hydrogens (tertiary/aromatic N) is 1. The van der Waals surface area contributed by atoms with Crippen molar-refractivity contribution in [2.45, 2.75) is 12.8 Å². The fraction of sp³-hybridized carbons (Fsp3) is 0.467. The van der Waals surface area contributed by atoms with Crippen LogP contribution in [0.1, 0.15) is 27.4 Å². The SMILES string of the molecule is COC(=O)C1CCCN(C(=O)c2ccc(C#CCN)s2)C1. The normalized spacial score (nSPS) is 17.8. The average Bonchev–Trinajstić information content (AvgIpc) is 3.00. The van der Waals surface area contributed by atoms with Crippen molar-refractivity contribution in [3.05, 3.63) is 21.9 Å². The zero-order chi connectivity index (χ0) is 15.2. The van der Waals surface area contributed by atoms with E-state index in [4.69, 9.17) is 10.5 Å². The number of nitrogens with two attached hydrogens (primary N) is 1. The molecule has 2 rings (SSSR count). The summed E-state index contributed by atoms with van der Waals surface area (Å²) in [4.78, 5) is 27.2. The molecule has 1 amide bonds. The fourth-order valence-corrected chi connectivity index (χ4v) is 3.18. The molecule has 1 aliphatic heterocycles. The van der Waals surface area contributed by atoms with Crippen molar-refractivity contribution >= 4 is 23.2 Å². The molecule has 0 aliphatic carbocycles. The third-order valence-corrected chi connectivity index (χ3v) is 4.36. The maximum atomic E-state index is 12.5. The van der Waals surface area contributed by atoms with Crippen LogP contribution >= 0.6 is 11.3 Å². The van der Waals surface area contributed by atoms with E-state index in [9.17, 15) is 9.59 Å². The lowest BCUT2D eigenvalue weighted by molar-refractivity contribution is -0.146. The summed E-state index contributed by atoms with van der Waals surface area (Å²) >= 11 is 1.35. The highest BCUT2D eigenvalue weighted by atomic mass is 32.1. The fourth-order valence-electron chi connectivity index (χ4n) is 2.33. The van der Waals surface area contributed by atoms with E-state index in [-0.39, 0.29) is 17.8 Å². The minimum atomic E-state index is -0.242. The lowest BCUT2D eigenvalue weighted by atomic mass is 9.98. The van der Waals surface area contributed by atoms with Crippen LogP contribution in [0.5, 0.6) is 0 Å². The molecule has 1 aliphatic rings. The van der Waals surface area contributed by atoms with Gasteiger partial charge in [-0.1, -0.05) is 11.8 Å². The summed E-state index contributed by atoms with van der Waals surface area (Å²) < 4.78 is 4.77. The Bertz CT molecular complexity index is 585. The number of esters is 1. The van der Waals surface area contributed by atoms with E-state index in [1.807, 2.05) is 6.07 Å². The molecule has 1 aromatic rings. The van der Waals surface area contributed by atoms with Gasteiger partial charge in [0, 0.05) is 13.1 Å². The van der Waals surface area contributed by atoms with Gasteiger partial charge in [0.25, 0.3) is 5.91 Å². The molecule has 0 aromatic carbocycles. The van der Waals surface area contributed by atoms with Gasteiger partial charge in [-0.25, -0.2) is 0 Å². The van der Waals surface area contributed by atoms with Crippen molar-refractivity contribution in [2.24, 2.45) is 11.7 Å². The second-order valence-electron chi connectivity index (χ2n) is 4.78. The third kappa shape index (κ3) is 3.84. The number of methoxy groups -OCH3 is 1. The molecule has 0 saturated carbocycles. The highest BCUT2D eigenvalue weighted by Gasteiger charge is 2.29. The van der Waals surface area contributed by atoms with Gasteiger partial charge in [0.2, 0.25) is 0 Å². The van der Waals surface area contributed by atoms with Crippen molar-refractivity contribution in [3.63, 3.8) is 0 Å². The molecule has 21 heavy (non-hydrogen) atoms. The van der Waals surface area contributed by atoms with Gasteiger partial charge < -0.3 is 15.4 Å².